The molecule has 0 aliphatic rings. The van der Waals surface area contributed by atoms with Gasteiger partial charge in [0.2, 0.25) is 0 Å². The first-order valence-corrected chi connectivity index (χ1v) is 7.53. The van der Waals surface area contributed by atoms with Gasteiger partial charge in [-0.1, -0.05) is 32.0 Å². The first-order chi connectivity index (χ1) is 8.95. The molecule has 0 aliphatic heterocycles. The van der Waals surface area contributed by atoms with Gasteiger partial charge in [-0.25, -0.2) is 13.6 Å². The van der Waals surface area contributed by atoms with Crippen LogP contribution in [0.25, 0.3) is 5.69 Å². The van der Waals surface area contributed by atoms with Crippen molar-refractivity contribution in [3.8, 4) is 5.69 Å². The van der Waals surface area contributed by atoms with E-state index in [1.807, 2.05) is 32.0 Å². The molecule has 0 amide bonds. The van der Waals surface area contributed by atoms with Gasteiger partial charge in [-0.15, -0.1) is 10.2 Å². The van der Waals surface area contributed by atoms with E-state index in [2.05, 4.69) is 10.2 Å². The maximum atomic E-state index is 11.6. The van der Waals surface area contributed by atoms with Crippen LogP contribution in [0.5, 0.6) is 0 Å². The molecule has 6 nitrogen and oxygen atoms in total. The first kappa shape index (κ1) is 13.7. The van der Waals surface area contributed by atoms with Crippen molar-refractivity contribution in [1.29, 1.82) is 0 Å². The topological polar surface area (TPSA) is 90.9 Å². The van der Waals surface area contributed by atoms with Crippen LogP contribution in [0.2, 0.25) is 0 Å². The lowest BCUT2D eigenvalue weighted by Gasteiger charge is -2.12. The smallest absolute Gasteiger partial charge is 0.269 e. The first-order valence-electron chi connectivity index (χ1n) is 5.98. The maximum Gasteiger partial charge on any atom is 0.274 e. The minimum Gasteiger partial charge on any atom is -0.269 e. The Balaban J connectivity index is 2.71. The zero-order valence-corrected chi connectivity index (χ0v) is 11.6. The van der Waals surface area contributed by atoms with Crippen LogP contribution < -0.4 is 5.14 Å². The van der Waals surface area contributed by atoms with Gasteiger partial charge < -0.3 is 0 Å². The molecule has 102 valence electrons. The molecule has 0 saturated heterocycles. The summed E-state index contributed by atoms with van der Waals surface area (Å²) >= 11 is 0. The van der Waals surface area contributed by atoms with Crippen LogP contribution in [0.3, 0.4) is 0 Å². The molecule has 19 heavy (non-hydrogen) atoms. The lowest BCUT2D eigenvalue weighted by atomic mass is 10.1. The molecule has 2 aromatic rings. The average Bonchev–Trinajstić information content (AvgIpc) is 2.83. The van der Waals surface area contributed by atoms with Crippen LogP contribution in [0, 0.1) is 0 Å². The standard InChI is InChI=1S/C12H16N4O2S/c1-3-9(2)11-14-15-12(19(13,17)18)16(11)10-7-5-4-6-8-10/h4-9H,3H2,1-2H3,(H2,13,17,18). The van der Waals surface area contributed by atoms with E-state index in [0.717, 1.165) is 6.42 Å². The lowest BCUT2D eigenvalue weighted by molar-refractivity contribution is 0.582. The van der Waals surface area contributed by atoms with Gasteiger partial charge in [-0.2, -0.15) is 0 Å². The molecule has 2 N–H and O–H groups in total. The quantitative estimate of drug-likeness (QED) is 0.917. The molecule has 1 unspecified atom stereocenters. The number of hydrogen-bond donors (Lipinski definition) is 1. The summed E-state index contributed by atoms with van der Waals surface area (Å²) < 4.78 is 24.7. The fourth-order valence-electron chi connectivity index (χ4n) is 1.79. The molecule has 7 heteroatoms. The molecule has 0 bridgehead atoms. The molecule has 1 aromatic carbocycles. The minimum absolute atomic E-state index is 0.0863. The van der Waals surface area contributed by atoms with Crippen molar-refractivity contribution in [2.24, 2.45) is 5.14 Å². The van der Waals surface area contributed by atoms with Crippen molar-refractivity contribution in [2.75, 3.05) is 0 Å². The highest BCUT2D eigenvalue weighted by Crippen LogP contribution is 2.23. The van der Waals surface area contributed by atoms with Gasteiger partial charge in [0.1, 0.15) is 5.82 Å². The number of para-hydroxylation sites is 1. The summed E-state index contributed by atoms with van der Waals surface area (Å²) in [7, 11) is -3.91. The summed E-state index contributed by atoms with van der Waals surface area (Å²) in [6.45, 7) is 3.97. The van der Waals surface area contributed by atoms with E-state index < -0.39 is 10.0 Å². The van der Waals surface area contributed by atoms with E-state index in [9.17, 15) is 8.42 Å². The van der Waals surface area contributed by atoms with Crippen LogP contribution in [0.4, 0.5) is 0 Å². The molecule has 1 heterocycles. The second kappa shape index (κ2) is 5.10. The molecule has 1 aromatic heterocycles. The molecule has 0 fully saturated rings. The Morgan fingerprint density at radius 3 is 2.42 bits per heavy atom. The van der Waals surface area contributed by atoms with Crippen molar-refractivity contribution < 1.29 is 8.42 Å². The summed E-state index contributed by atoms with van der Waals surface area (Å²) in [6, 6.07) is 9.09. The number of benzene rings is 1. The SMILES string of the molecule is CCC(C)c1nnc(S(N)(=O)=O)n1-c1ccccc1. The van der Waals surface area contributed by atoms with Crippen LogP contribution in [-0.4, -0.2) is 23.2 Å². The summed E-state index contributed by atoms with van der Waals surface area (Å²) in [4.78, 5) is 0. The Kier molecular flexibility index (Phi) is 3.68. The average molecular weight is 280 g/mol. The molecular formula is C12H16N4O2S. The van der Waals surface area contributed by atoms with Crippen molar-refractivity contribution in [3.05, 3.63) is 36.2 Å². The highest BCUT2D eigenvalue weighted by Gasteiger charge is 2.24. The highest BCUT2D eigenvalue weighted by atomic mass is 32.2. The van der Waals surface area contributed by atoms with Crippen LogP contribution in [0.1, 0.15) is 32.0 Å². The third-order valence-electron chi connectivity index (χ3n) is 2.98. The third kappa shape index (κ3) is 2.66. The summed E-state index contributed by atoms with van der Waals surface area (Å²) in [5.74, 6) is 0.681. The van der Waals surface area contributed by atoms with Crippen LogP contribution in [0.15, 0.2) is 35.5 Å². The molecule has 0 saturated carbocycles. The molecule has 2 rings (SSSR count). The Bertz CT molecular complexity index is 664. The zero-order chi connectivity index (χ0) is 14.0. The summed E-state index contributed by atoms with van der Waals surface area (Å²) in [5, 5.41) is 12.7. The Hall–Kier alpha value is -1.73. The van der Waals surface area contributed by atoms with Crippen LogP contribution in [-0.2, 0) is 10.0 Å². The van der Waals surface area contributed by atoms with E-state index in [0.29, 0.717) is 11.5 Å². The minimum atomic E-state index is -3.91. The van der Waals surface area contributed by atoms with Crippen molar-refractivity contribution in [3.63, 3.8) is 0 Å². The summed E-state index contributed by atoms with van der Waals surface area (Å²) in [5.41, 5.74) is 0.687. The number of aromatic nitrogens is 3. The van der Waals surface area contributed by atoms with E-state index in [1.54, 1.807) is 12.1 Å². The Morgan fingerprint density at radius 1 is 1.26 bits per heavy atom. The lowest BCUT2D eigenvalue weighted by Crippen LogP contribution is -2.19. The zero-order valence-electron chi connectivity index (χ0n) is 10.8. The number of nitrogens with zero attached hydrogens (tertiary/aromatic N) is 3. The summed E-state index contributed by atoms with van der Waals surface area (Å²) in [6.07, 6.45) is 0.829. The van der Waals surface area contributed by atoms with Crippen LogP contribution >= 0.6 is 0 Å². The molecule has 0 radical (unpaired) electrons. The number of primary sulfonamides is 1. The van der Waals surface area contributed by atoms with E-state index in [-0.39, 0.29) is 11.1 Å². The number of hydrogen-bond acceptors (Lipinski definition) is 4. The van der Waals surface area contributed by atoms with Gasteiger partial charge in [-0.05, 0) is 18.6 Å². The number of rotatable bonds is 4. The second-order valence-electron chi connectivity index (χ2n) is 4.37. The van der Waals surface area contributed by atoms with E-state index >= 15 is 0 Å². The second-order valence-corrected chi connectivity index (χ2v) is 5.82. The number of sulfonamides is 1. The molecule has 0 aliphatic carbocycles. The fraction of sp³-hybridized carbons (Fsp3) is 0.333. The van der Waals surface area contributed by atoms with Gasteiger partial charge in [0.15, 0.2) is 0 Å². The van der Waals surface area contributed by atoms with Gasteiger partial charge in [0.05, 0.1) is 0 Å². The van der Waals surface area contributed by atoms with E-state index in [4.69, 9.17) is 5.14 Å². The molecular weight excluding hydrogens is 264 g/mol. The van der Waals surface area contributed by atoms with Gasteiger partial charge >= 0.3 is 0 Å². The molecule has 1 atom stereocenters. The highest BCUT2D eigenvalue weighted by molar-refractivity contribution is 7.89. The predicted molar refractivity (Wildman–Crippen MR) is 71.4 cm³/mol. The molecule has 0 spiro atoms. The van der Waals surface area contributed by atoms with Crippen molar-refractivity contribution >= 4 is 10.0 Å². The largest absolute Gasteiger partial charge is 0.274 e. The predicted octanol–water partition coefficient (Wildman–Crippen LogP) is 1.43. The Morgan fingerprint density at radius 2 is 1.89 bits per heavy atom. The Labute approximate surface area is 112 Å². The van der Waals surface area contributed by atoms with E-state index in [1.165, 1.54) is 4.57 Å². The third-order valence-corrected chi connectivity index (χ3v) is 3.75. The van der Waals surface area contributed by atoms with Gasteiger partial charge in [0.25, 0.3) is 15.2 Å². The fourth-order valence-corrected chi connectivity index (χ4v) is 2.39. The van der Waals surface area contributed by atoms with Gasteiger partial charge in [0, 0.05) is 11.6 Å². The monoisotopic (exact) mass is 280 g/mol. The van der Waals surface area contributed by atoms with Crippen molar-refractivity contribution in [1.82, 2.24) is 14.8 Å². The maximum absolute atomic E-state index is 11.6. The number of nitrogens with two attached hydrogens (primary N) is 1. The van der Waals surface area contributed by atoms with Gasteiger partial charge in [-0.3, -0.25) is 4.57 Å². The normalized spacial score (nSPS) is 13.4. The van der Waals surface area contributed by atoms with Crippen molar-refractivity contribution in [2.45, 2.75) is 31.3 Å².